The van der Waals surface area contributed by atoms with Crippen LogP contribution in [0.15, 0.2) is 24.3 Å². The topological polar surface area (TPSA) is 75.3 Å². The third kappa shape index (κ3) is 4.47. The van der Waals surface area contributed by atoms with Gasteiger partial charge in [-0.05, 0) is 44.9 Å². The lowest BCUT2D eigenvalue weighted by molar-refractivity contribution is 0.0922. The van der Waals surface area contributed by atoms with Crippen molar-refractivity contribution in [2.45, 2.75) is 38.8 Å². The van der Waals surface area contributed by atoms with E-state index < -0.39 is 6.10 Å². The summed E-state index contributed by atoms with van der Waals surface area (Å²) in [6.45, 7) is 4.12. The molecule has 0 saturated heterocycles. The van der Waals surface area contributed by atoms with Crippen molar-refractivity contribution in [3.63, 3.8) is 0 Å². The van der Waals surface area contributed by atoms with Gasteiger partial charge in [0.25, 0.3) is 5.91 Å². The molecule has 0 bridgehead atoms. The first kappa shape index (κ1) is 14.7. The zero-order valence-electron chi connectivity index (χ0n) is 11.0. The van der Waals surface area contributed by atoms with Crippen LogP contribution in [0.2, 0.25) is 0 Å². The number of amides is 1. The molecular formula is C14H22N2O2. The molecule has 2 atom stereocenters. The minimum absolute atomic E-state index is 0.0524. The maximum atomic E-state index is 12.1. The highest BCUT2D eigenvalue weighted by Gasteiger charge is 2.14. The van der Waals surface area contributed by atoms with Gasteiger partial charge in [0.15, 0.2) is 0 Å². The second kappa shape index (κ2) is 7.13. The molecule has 1 amide bonds. The molecule has 0 spiro atoms. The van der Waals surface area contributed by atoms with Crippen molar-refractivity contribution in [2.75, 3.05) is 6.54 Å². The molecule has 0 saturated carbocycles. The zero-order chi connectivity index (χ0) is 13.5. The Morgan fingerprint density at radius 1 is 1.39 bits per heavy atom. The predicted octanol–water partition coefficient (Wildman–Crippen LogP) is 1.08. The molecule has 0 aliphatic rings. The molecule has 4 N–H and O–H groups in total. The first-order valence-electron chi connectivity index (χ1n) is 6.31. The van der Waals surface area contributed by atoms with E-state index >= 15 is 0 Å². The predicted molar refractivity (Wildman–Crippen MR) is 72.4 cm³/mol. The number of benzene rings is 1. The van der Waals surface area contributed by atoms with E-state index in [0.29, 0.717) is 24.9 Å². The van der Waals surface area contributed by atoms with Crippen molar-refractivity contribution in [3.05, 3.63) is 35.4 Å². The maximum absolute atomic E-state index is 12.1. The van der Waals surface area contributed by atoms with Gasteiger partial charge in [-0.15, -0.1) is 0 Å². The van der Waals surface area contributed by atoms with E-state index in [1.165, 1.54) is 0 Å². The smallest absolute Gasteiger partial charge is 0.251 e. The van der Waals surface area contributed by atoms with Crippen molar-refractivity contribution < 1.29 is 9.90 Å². The monoisotopic (exact) mass is 250 g/mol. The van der Waals surface area contributed by atoms with Crippen LogP contribution in [0.4, 0.5) is 0 Å². The van der Waals surface area contributed by atoms with Crippen molar-refractivity contribution in [1.82, 2.24) is 5.32 Å². The Bertz CT molecular complexity index is 391. The van der Waals surface area contributed by atoms with Crippen molar-refractivity contribution in [3.8, 4) is 0 Å². The van der Waals surface area contributed by atoms with Crippen LogP contribution in [0.25, 0.3) is 0 Å². The van der Waals surface area contributed by atoms with E-state index in [9.17, 15) is 9.90 Å². The van der Waals surface area contributed by atoms with Crippen LogP contribution in [0, 0.1) is 0 Å². The second-order valence-electron chi connectivity index (χ2n) is 4.66. The molecule has 1 rings (SSSR count). The highest BCUT2D eigenvalue weighted by Crippen LogP contribution is 2.10. The summed E-state index contributed by atoms with van der Waals surface area (Å²) in [7, 11) is 0. The minimum atomic E-state index is -0.417. The highest BCUT2D eigenvalue weighted by molar-refractivity contribution is 5.95. The molecule has 1 aromatic rings. The fourth-order valence-electron chi connectivity index (χ4n) is 1.99. The molecule has 0 aromatic heterocycles. The van der Waals surface area contributed by atoms with Gasteiger partial charge in [0.1, 0.15) is 0 Å². The average molecular weight is 250 g/mol. The molecule has 4 heteroatoms. The van der Waals surface area contributed by atoms with E-state index in [4.69, 9.17) is 5.73 Å². The van der Waals surface area contributed by atoms with Crippen LogP contribution in [0.1, 0.15) is 36.2 Å². The molecule has 2 unspecified atom stereocenters. The van der Waals surface area contributed by atoms with E-state index in [2.05, 4.69) is 5.32 Å². The van der Waals surface area contributed by atoms with Gasteiger partial charge in [0, 0.05) is 11.6 Å². The number of hydrogen-bond donors (Lipinski definition) is 3. The van der Waals surface area contributed by atoms with Gasteiger partial charge in [-0.2, -0.15) is 0 Å². The van der Waals surface area contributed by atoms with Crippen molar-refractivity contribution in [1.29, 1.82) is 0 Å². The summed E-state index contributed by atoms with van der Waals surface area (Å²) in [5.41, 5.74) is 7.16. The largest absolute Gasteiger partial charge is 0.393 e. The Hall–Kier alpha value is -1.39. The van der Waals surface area contributed by atoms with E-state index in [-0.39, 0.29) is 11.9 Å². The fourth-order valence-corrected chi connectivity index (χ4v) is 1.99. The Balaban J connectivity index is 2.71. The molecule has 0 fully saturated rings. The lowest BCUT2D eigenvalue weighted by atomic mass is 10.0. The Morgan fingerprint density at radius 3 is 2.67 bits per heavy atom. The molecule has 0 heterocycles. The number of nitrogens with one attached hydrogen (secondary N) is 1. The third-order valence-electron chi connectivity index (χ3n) is 2.75. The summed E-state index contributed by atoms with van der Waals surface area (Å²) < 4.78 is 0. The van der Waals surface area contributed by atoms with Crippen molar-refractivity contribution >= 4 is 5.91 Å². The summed E-state index contributed by atoms with van der Waals surface area (Å²) in [6, 6.07) is 7.41. The number of carbonyl (C=O) groups is 1. The molecule has 0 aliphatic heterocycles. The molecule has 0 radical (unpaired) electrons. The van der Waals surface area contributed by atoms with Gasteiger partial charge in [0.2, 0.25) is 0 Å². The summed E-state index contributed by atoms with van der Waals surface area (Å²) in [4.78, 5) is 12.1. The van der Waals surface area contributed by atoms with Gasteiger partial charge < -0.3 is 16.2 Å². The van der Waals surface area contributed by atoms with Gasteiger partial charge in [0.05, 0.1) is 6.10 Å². The van der Waals surface area contributed by atoms with E-state index in [1.807, 2.05) is 25.1 Å². The molecular weight excluding hydrogens is 228 g/mol. The average Bonchev–Trinajstić information content (AvgIpc) is 2.28. The summed E-state index contributed by atoms with van der Waals surface area (Å²) >= 11 is 0. The normalized spacial score (nSPS) is 14.0. The lowest BCUT2D eigenvalue weighted by Crippen LogP contribution is -2.35. The Morgan fingerprint density at radius 2 is 2.06 bits per heavy atom. The van der Waals surface area contributed by atoms with Crippen LogP contribution < -0.4 is 11.1 Å². The van der Waals surface area contributed by atoms with Gasteiger partial charge in [-0.25, -0.2) is 0 Å². The molecule has 1 aromatic carbocycles. The van der Waals surface area contributed by atoms with E-state index in [1.54, 1.807) is 13.0 Å². The maximum Gasteiger partial charge on any atom is 0.251 e. The number of hydrogen-bond acceptors (Lipinski definition) is 3. The van der Waals surface area contributed by atoms with Crippen molar-refractivity contribution in [2.24, 2.45) is 5.73 Å². The van der Waals surface area contributed by atoms with Gasteiger partial charge >= 0.3 is 0 Å². The minimum Gasteiger partial charge on any atom is -0.393 e. The molecule has 0 aliphatic carbocycles. The fraction of sp³-hybridized carbons (Fsp3) is 0.500. The SMILES string of the molecule is CC(O)CC(C)NC(=O)c1ccccc1CCN. The summed E-state index contributed by atoms with van der Waals surface area (Å²) in [5, 5.41) is 12.2. The number of carbonyl (C=O) groups excluding carboxylic acids is 1. The second-order valence-corrected chi connectivity index (χ2v) is 4.66. The van der Waals surface area contributed by atoms with Gasteiger partial charge in [-0.3, -0.25) is 4.79 Å². The Kier molecular flexibility index (Phi) is 5.82. The van der Waals surface area contributed by atoms with Crippen LogP contribution in [-0.2, 0) is 6.42 Å². The van der Waals surface area contributed by atoms with Gasteiger partial charge in [-0.1, -0.05) is 18.2 Å². The molecule has 4 nitrogen and oxygen atoms in total. The highest BCUT2D eigenvalue weighted by atomic mass is 16.3. The van der Waals surface area contributed by atoms with Crippen LogP contribution >= 0.6 is 0 Å². The molecule has 18 heavy (non-hydrogen) atoms. The number of nitrogens with two attached hydrogens (primary N) is 1. The van der Waals surface area contributed by atoms with Crippen LogP contribution in [0.5, 0.6) is 0 Å². The summed E-state index contributed by atoms with van der Waals surface area (Å²) in [5.74, 6) is -0.104. The molecule has 100 valence electrons. The zero-order valence-corrected chi connectivity index (χ0v) is 11.0. The third-order valence-corrected chi connectivity index (χ3v) is 2.75. The standard InChI is InChI=1S/C14H22N2O2/c1-10(9-11(2)17)16-14(18)13-6-4-3-5-12(13)7-8-15/h3-6,10-11,17H,7-9,15H2,1-2H3,(H,16,18). The lowest BCUT2D eigenvalue weighted by Gasteiger charge is -2.16. The number of aliphatic hydroxyl groups excluding tert-OH is 1. The van der Waals surface area contributed by atoms with E-state index in [0.717, 1.165) is 5.56 Å². The number of rotatable bonds is 6. The Labute approximate surface area is 108 Å². The number of aliphatic hydroxyl groups is 1. The van der Waals surface area contributed by atoms with Crippen LogP contribution in [0.3, 0.4) is 0 Å². The van der Waals surface area contributed by atoms with Crippen LogP contribution in [-0.4, -0.2) is 29.7 Å². The summed E-state index contributed by atoms with van der Waals surface area (Å²) in [6.07, 6.45) is 0.818. The quantitative estimate of drug-likeness (QED) is 0.707. The first-order valence-corrected chi connectivity index (χ1v) is 6.31. The first-order chi connectivity index (χ1) is 8.54.